The van der Waals surface area contributed by atoms with Crippen LogP contribution in [0.5, 0.6) is 0 Å². The highest BCUT2D eigenvalue weighted by Crippen LogP contribution is 2.43. The van der Waals surface area contributed by atoms with Crippen molar-refractivity contribution in [3.8, 4) is 0 Å². The Morgan fingerprint density at radius 2 is 1.76 bits per heavy atom. The molecule has 0 aromatic rings. The van der Waals surface area contributed by atoms with Gasteiger partial charge in [0.05, 0.1) is 6.61 Å². The van der Waals surface area contributed by atoms with Crippen molar-refractivity contribution in [2.24, 2.45) is 0 Å². The first-order valence-corrected chi connectivity index (χ1v) is 7.86. The van der Waals surface area contributed by atoms with Crippen LogP contribution in [-0.4, -0.2) is 48.6 Å². The topological polar surface area (TPSA) is 63.2 Å². The number of fused-ring (bicyclic) bond motifs is 1. The molecule has 0 amide bonds. The van der Waals surface area contributed by atoms with Crippen molar-refractivity contribution < 1.29 is 28.5 Å². The summed E-state index contributed by atoms with van der Waals surface area (Å²) in [6.45, 7) is 4.07. The zero-order valence-corrected chi connectivity index (χ0v) is 12.5. The van der Waals surface area contributed by atoms with Crippen molar-refractivity contribution in [3.05, 3.63) is 0 Å². The van der Waals surface area contributed by atoms with E-state index in [1.54, 1.807) is 0 Å². The first kappa shape index (κ1) is 13.9. The third-order valence-corrected chi connectivity index (χ3v) is 4.80. The number of carbonyl (C=O) groups excluding carboxylic acids is 1. The maximum atomic E-state index is 12.0. The lowest BCUT2D eigenvalue weighted by atomic mass is 9.94. The number of carbonyl (C=O) groups is 1. The molecule has 0 aromatic carbocycles. The van der Waals surface area contributed by atoms with E-state index in [1.165, 1.54) is 6.42 Å². The fraction of sp³-hybridized carbons (Fsp3) is 0.933. The van der Waals surface area contributed by atoms with E-state index in [-0.39, 0.29) is 12.1 Å². The van der Waals surface area contributed by atoms with Crippen LogP contribution in [0.15, 0.2) is 0 Å². The van der Waals surface area contributed by atoms with Crippen LogP contribution < -0.4 is 0 Å². The quantitative estimate of drug-likeness (QED) is 0.684. The van der Waals surface area contributed by atoms with Crippen LogP contribution in [0.2, 0.25) is 0 Å². The van der Waals surface area contributed by atoms with Gasteiger partial charge in [-0.3, -0.25) is 0 Å². The fourth-order valence-electron chi connectivity index (χ4n) is 3.86. The maximum Gasteiger partial charge on any atom is 0.338 e. The van der Waals surface area contributed by atoms with Crippen LogP contribution in [0.3, 0.4) is 0 Å². The van der Waals surface area contributed by atoms with Gasteiger partial charge in [0, 0.05) is 12.8 Å². The molecule has 3 saturated heterocycles. The van der Waals surface area contributed by atoms with Crippen LogP contribution in [0.25, 0.3) is 0 Å². The van der Waals surface area contributed by atoms with E-state index in [4.69, 9.17) is 23.7 Å². The van der Waals surface area contributed by atoms with Gasteiger partial charge < -0.3 is 23.7 Å². The minimum absolute atomic E-state index is 0.264. The van der Waals surface area contributed by atoms with Crippen molar-refractivity contribution in [3.63, 3.8) is 0 Å². The summed E-state index contributed by atoms with van der Waals surface area (Å²) in [5.41, 5.74) is 0. The normalized spacial score (nSPS) is 44.0. The summed E-state index contributed by atoms with van der Waals surface area (Å²) in [6.07, 6.45) is 3.56. The third kappa shape index (κ3) is 2.29. The van der Waals surface area contributed by atoms with Crippen molar-refractivity contribution in [2.45, 2.75) is 81.9 Å². The van der Waals surface area contributed by atoms with Gasteiger partial charge in [-0.25, -0.2) is 4.79 Å². The third-order valence-electron chi connectivity index (χ3n) is 4.80. The largest absolute Gasteiger partial charge is 0.455 e. The number of ether oxygens (including phenoxy) is 5. The maximum absolute atomic E-state index is 12.0. The van der Waals surface area contributed by atoms with Crippen LogP contribution in [-0.2, 0) is 28.5 Å². The van der Waals surface area contributed by atoms with Gasteiger partial charge in [0.1, 0.15) is 12.2 Å². The average molecular weight is 298 g/mol. The van der Waals surface area contributed by atoms with E-state index in [0.717, 1.165) is 25.7 Å². The molecule has 0 radical (unpaired) electrons. The molecule has 4 atom stereocenters. The highest BCUT2D eigenvalue weighted by molar-refractivity contribution is 5.78. The Hall–Kier alpha value is -0.690. The lowest BCUT2D eigenvalue weighted by Crippen LogP contribution is -2.42. The molecule has 1 spiro atoms. The Labute approximate surface area is 124 Å². The first-order chi connectivity index (χ1) is 9.98. The molecule has 6 nitrogen and oxygen atoms in total. The molecule has 0 aromatic heterocycles. The van der Waals surface area contributed by atoms with E-state index in [9.17, 15) is 4.79 Å². The summed E-state index contributed by atoms with van der Waals surface area (Å²) in [5.74, 6) is -1.58. The van der Waals surface area contributed by atoms with Gasteiger partial charge in [0.15, 0.2) is 23.8 Å². The van der Waals surface area contributed by atoms with Gasteiger partial charge in [-0.15, -0.1) is 0 Å². The summed E-state index contributed by atoms with van der Waals surface area (Å²) < 4.78 is 29.0. The average Bonchev–Trinajstić information content (AvgIpc) is 3.05. The smallest absolute Gasteiger partial charge is 0.338 e. The highest BCUT2D eigenvalue weighted by Gasteiger charge is 2.60. The molecular formula is C15H22O6. The highest BCUT2D eigenvalue weighted by atomic mass is 16.8. The molecule has 1 aliphatic carbocycles. The van der Waals surface area contributed by atoms with Crippen LogP contribution in [0.4, 0.5) is 0 Å². The Morgan fingerprint density at radius 3 is 2.52 bits per heavy atom. The van der Waals surface area contributed by atoms with E-state index < -0.39 is 29.9 Å². The zero-order valence-electron chi connectivity index (χ0n) is 12.5. The molecule has 4 rings (SSSR count). The van der Waals surface area contributed by atoms with Crippen molar-refractivity contribution >= 4 is 5.97 Å². The second-order valence-electron chi connectivity index (χ2n) is 6.86. The van der Waals surface area contributed by atoms with Crippen molar-refractivity contribution in [1.82, 2.24) is 0 Å². The van der Waals surface area contributed by atoms with E-state index >= 15 is 0 Å². The molecule has 3 heterocycles. The number of cyclic esters (lactones) is 1. The molecule has 3 aliphatic heterocycles. The number of hydrogen-bond donors (Lipinski definition) is 0. The van der Waals surface area contributed by atoms with Gasteiger partial charge in [0.25, 0.3) is 0 Å². The molecule has 1 saturated carbocycles. The van der Waals surface area contributed by atoms with E-state index in [0.29, 0.717) is 6.61 Å². The lowest BCUT2D eigenvalue weighted by molar-refractivity contribution is -0.214. The molecule has 2 unspecified atom stereocenters. The Morgan fingerprint density at radius 1 is 1.00 bits per heavy atom. The van der Waals surface area contributed by atoms with Crippen LogP contribution in [0.1, 0.15) is 46.0 Å². The van der Waals surface area contributed by atoms with Crippen molar-refractivity contribution in [2.75, 3.05) is 6.61 Å². The van der Waals surface area contributed by atoms with Crippen LogP contribution in [0, 0.1) is 0 Å². The molecule has 4 aliphatic rings. The number of esters is 1. The summed E-state index contributed by atoms with van der Waals surface area (Å²) in [4.78, 5) is 12.0. The van der Waals surface area contributed by atoms with Gasteiger partial charge in [-0.2, -0.15) is 0 Å². The van der Waals surface area contributed by atoms with Gasteiger partial charge in [0.2, 0.25) is 0 Å². The Bertz CT molecular complexity index is 441. The fourth-order valence-corrected chi connectivity index (χ4v) is 3.86. The predicted octanol–water partition coefficient (Wildman–Crippen LogP) is 1.51. The minimum Gasteiger partial charge on any atom is -0.455 e. The summed E-state index contributed by atoms with van der Waals surface area (Å²) in [5, 5.41) is 0. The molecule has 0 bridgehead atoms. The van der Waals surface area contributed by atoms with Crippen molar-refractivity contribution in [1.29, 1.82) is 0 Å². The van der Waals surface area contributed by atoms with Gasteiger partial charge >= 0.3 is 5.97 Å². The Balaban J connectivity index is 1.49. The molecule has 0 N–H and O–H groups in total. The molecule has 118 valence electrons. The summed E-state index contributed by atoms with van der Waals surface area (Å²) in [7, 11) is 0. The van der Waals surface area contributed by atoms with E-state index in [2.05, 4.69) is 0 Å². The molecule has 21 heavy (non-hydrogen) atoms. The number of hydrogen-bond acceptors (Lipinski definition) is 6. The van der Waals surface area contributed by atoms with E-state index in [1.807, 2.05) is 13.8 Å². The summed E-state index contributed by atoms with van der Waals surface area (Å²) >= 11 is 0. The molecular weight excluding hydrogens is 276 g/mol. The van der Waals surface area contributed by atoms with Gasteiger partial charge in [-0.05, 0) is 26.7 Å². The second-order valence-corrected chi connectivity index (χ2v) is 6.86. The zero-order chi connectivity index (χ0) is 14.7. The first-order valence-electron chi connectivity index (χ1n) is 7.86. The minimum atomic E-state index is -0.755. The SMILES string of the molecule is CC1(C)O[C@@H]2C(=O)OC(C3COC4(CCCCC4)O3)[C@@H]2O1. The molecule has 4 fully saturated rings. The standard InChI is InChI=1S/C15H22O6/c1-14(2)20-11-10(18-13(16)12(11)21-14)9-8-17-15(19-9)6-4-3-5-7-15/h9-12H,3-8H2,1-2H3/t9?,10?,11-,12-/m0/s1. The van der Waals surface area contributed by atoms with Crippen LogP contribution >= 0.6 is 0 Å². The Kier molecular flexibility index (Phi) is 3.09. The summed E-state index contributed by atoms with van der Waals surface area (Å²) in [6, 6.07) is 0. The monoisotopic (exact) mass is 298 g/mol. The molecule has 6 heteroatoms. The van der Waals surface area contributed by atoms with Gasteiger partial charge in [-0.1, -0.05) is 6.42 Å². The predicted molar refractivity (Wildman–Crippen MR) is 70.3 cm³/mol. The number of rotatable bonds is 1. The second kappa shape index (κ2) is 4.65. The lowest BCUT2D eigenvalue weighted by Gasteiger charge is -2.32.